The molecule has 0 amide bonds. The van der Waals surface area contributed by atoms with E-state index in [-0.39, 0.29) is 12.9 Å². The summed E-state index contributed by atoms with van der Waals surface area (Å²) in [6, 6.07) is 0.602. The van der Waals surface area contributed by atoms with Crippen LogP contribution in [0.5, 0.6) is 0 Å². The van der Waals surface area contributed by atoms with Crippen molar-refractivity contribution in [1.29, 1.82) is 0 Å². The van der Waals surface area contributed by atoms with Crippen LogP contribution in [-0.2, 0) is 14.3 Å². The molecular formula is C17H32N2O6. The van der Waals surface area contributed by atoms with Gasteiger partial charge in [-0.3, -0.25) is 14.5 Å². The summed E-state index contributed by atoms with van der Waals surface area (Å²) < 4.78 is 5.58. The molecule has 8 heteroatoms. The third kappa shape index (κ3) is 8.13. The maximum absolute atomic E-state index is 10.7. The largest absolute Gasteiger partial charge is 0.483 e. The Labute approximate surface area is 149 Å². The predicted octanol–water partition coefficient (Wildman–Crippen LogP) is 0.490. The summed E-state index contributed by atoms with van der Waals surface area (Å²) in [6.07, 6.45) is 6.94. The summed E-state index contributed by atoms with van der Waals surface area (Å²) in [5.74, 6) is 0. The van der Waals surface area contributed by atoms with Crippen molar-refractivity contribution in [2.75, 3.05) is 45.9 Å². The van der Waals surface area contributed by atoms with Gasteiger partial charge in [-0.25, -0.2) is 0 Å². The molecule has 0 spiro atoms. The molecule has 0 radical (unpaired) electrons. The average Bonchev–Trinajstić information content (AvgIpc) is 3.10. The molecular weight excluding hydrogens is 328 g/mol. The van der Waals surface area contributed by atoms with Crippen LogP contribution in [0.25, 0.3) is 0 Å². The van der Waals surface area contributed by atoms with Crippen LogP contribution in [0.1, 0.15) is 38.5 Å². The fourth-order valence-corrected chi connectivity index (χ4v) is 3.83. The van der Waals surface area contributed by atoms with E-state index in [9.17, 15) is 5.11 Å². The zero-order valence-electron chi connectivity index (χ0n) is 14.9. The first-order chi connectivity index (χ1) is 12.1. The smallest absolute Gasteiger partial charge is 0.290 e. The van der Waals surface area contributed by atoms with Gasteiger partial charge in [-0.15, -0.1) is 0 Å². The van der Waals surface area contributed by atoms with Crippen molar-refractivity contribution < 1.29 is 29.6 Å². The summed E-state index contributed by atoms with van der Waals surface area (Å²) in [5, 5.41) is 24.5. The Hall–Kier alpha value is -1.22. The van der Waals surface area contributed by atoms with Crippen LogP contribution in [-0.4, -0.2) is 95.6 Å². The Morgan fingerprint density at radius 3 is 2.04 bits per heavy atom. The van der Waals surface area contributed by atoms with Gasteiger partial charge in [0.2, 0.25) is 0 Å². The second-order valence-corrected chi connectivity index (χ2v) is 6.83. The highest BCUT2D eigenvalue weighted by molar-refractivity contribution is 5.33. The van der Waals surface area contributed by atoms with Crippen LogP contribution < -0.4 is 0 Å². The molecule has 3 N–H and O–H groups in total. The Morgan fingerprint density at radius 1 is 1.00 bits per heavy atom. The van der Waals surface area contributed by atoms with Crippen LogP contribution >= 0.6 is 0 Å². The van der Waals surface area contributed by atoms with Crippen LogP contribution in [0.4, 0.5) is 0 Å². The van der Waals surface area contributed by atoms with E-state index in [0.717, 1.165) is 45.7 Å². The van der Waals surface area contributed by atoms with Crippen molar-refractivity contribution >= 4 is 12.9 Å². The van der Waals surface area contributed by atoms with Gasteiger partial charge < -0.3 is 25.0 Å². The maximum atomic E-state index is 10.7. The number of carboxylic acid groups (broad SMARTS) is 2. The molecule has 1 unspecified atom stereocenters. The topological polar surface area (TPSA) is 111 Å². The van der Waals surface area contributed by atoms with E-state index < -0.39 is 5.60 Å². The molecule has 0 aromatic carbocycles. The summed E-state index contributed by atoms with van der Waals surface area (Å²) in [7, 11) is 0. The molecule has 3 aliphatic heterocycles. The molecule has 146 valence electrons. The first-order valence-corrected chi connectivity index (χ1v) is 9.01. The number of likely N-dealkylation sites (tertiary alicyclic amines) is 2. The number of nitrogens with zero attached hydrogens (tertiary/aromatic N) is 2. The normalized spacial score (nSPS) is 26.5. The molecule has 1 atom stereocenters. The number of β-amino-alcohol motifs (C(OH)–C–C–N with tert-alkyl or cyclic N) is 1. The first-order valence-electron chi connectivity index (χ1n) is 9.01. The Morgan fingerprint density at radius 2 is 1.56 bits per heavy atom. The minimum Gasteiger partial charge on any atom is -0.483 e. The number of carbonyl (C=O) groups is 2. The lowest BCUT2D eigenvalue weighted by molar-refractivity contribution is -0.123. The SMILES string of the molecule is O=CO.O=CO.OC1(CN2CCCC2)CCN(C2CCCOC2)CC1. The van der Waals surface area contributed by atoms with Crippen LogP contribution in [0.15, 0.2) is 0 Å². The van der Waals surface area contributed by atoms with E-state index in [1.54, 1.807) is 0 Å². The van der Waals surface area contributed by atoms with E-state index in [1.165, 1.54) is 38.8 Å². The van der Waals surface area contributed by atoms with Gasteiger partial charge in [-0.1, -0.05) is 0 Å². The summed E-state index contributed by atoms with van der Waals surface area (Å²) in [6.45, 7) is 6.66. The minimum atomic E-state index is -0.434. The fraction of sp³-hybridized carbons (Fsp3) is 0.882. The molecule has 8 nitrogen and oxygen atoms in total. The van der Waals surface area contributed by atoms with E-state index in [1.807, 2.05) is 0 Å². The number of rotatable bonds is 3. The molecule has 0 aliphatic carbocycles. The number of hydrogen-bond acceptors (Lipinski definition) is 6. The number of piperidine rings is 1. The molecule has 3 heterocycles. The van der Waals surface area contributed by atoms with Gasteiger partial charge in [-0.2, -0.15) is 0 Å². The predicted molar refractivity (Wildman–Crippen MR) is 92.7 cm³/mol. The number of ether oxygens (including phenoxy) is 1. The van der Waals surface area contributed by atoms with E-state index in [0.29, 0.717) is 6.04 Å². The van der Waals surface area contributed by atoms with E-state index in [2.05, 4.69) is 9.80 Å². The zero-order valence-corrected chi connectivity index (χ0v) is 14.9. The number of aliphatic hydroxyl groups is 1. The highest BCUT2D eigenvalue weighted by Gasteiger charge is 2.36. The van der Waals surface area contributed by atoms with Crippen molar-refractivity contribution in [2.24, 2.45) is 0 Å². The third-order valence-electron chi connectivity index (χ3n) is 5.10. The molecule has 3 aliphatic rings. The fourth-order valence-electron chi connectivity index (χ4n) is 3.83. The molecule has 3 fully saturated rings. The standard InChI is InChI=1S/C15H28N2O2.2CH2O2/c18-15(13-16-7-1-2-8-16)5-9-17(10-6-15)14-4-3-11-19-12-14;2*2-1-3/h14,18H,1-13H2;2*1H,(H,2,3). The second kappa shape index (κ2) is 12.2. The zero-order chi connectivity index (χ0) is 18.5. The molecule has 0 aromatic heterocycles. The van der Waals surface area contributed by atoms with Gasteiger partial charge >= 0.3 is 0 Å². The van der Waals surface area contributed by atoms with Crippen molar-refractivity contribution in [2.45, 2.75) is 50.2 Å². The van der Waals surface area contributed by atoms with Gasteiger partial charge in [0.25, 0.3) is 12.9 Å². The van der Waals surface area contributed by atoms with E-state index in [4.69, 9.17) is 24.5 Å². The van der Waals surface area contributed by atoms with Gasteiger partial charge in [0.05, 0.1) is 12.2 Å². The molecule has 0 aromatic rings. The average molecular weight is 360 g/mol. The lowest BCUT2D eigenvalue weighted by Crippen LogP contribution is -2.54. The summed E-state index contributed by atoms with van der Waals surface area (Å²) >= 11 is 0. The van der Waals surface area contributed by atoms with Crippen molar-refractivity contribution in [1.82, 2.24) is 9.80 Å². The number of hydrogen-bond donors (Lipinski definition) is 3. The van der Waals surface area contributed by atoms with Crippen LogP contribution in [0, 0.1) is 0 Å². The third-order valence-corrected chi connectivity index (χ3v) is 5.10. The highest BCUT2D eigenvalue weighted by atomic mass is 16.5. The Bertz CT molecular complexity index is 356. The van der Waals surface area contributed by atoms with Crippen LogP contribution in [0.3, 0.4) is 0 Å². The lowest BCUT2D eigenvalue weighted by Gasteiger charge is -2.43. The van der Waals surface area contributed by atoms with Gasteiger partial charge in [0, 0.05) is 32.3 Å². The maximum Gasteiger partial charge on any atom is 0.290 e. The van der Waals surface area contributed by atoms with Gasteiger partial charge in [0.15, 0.2) is 0 Å². The highest BCUT2D eigenvalue weighted by Crippen LogP contribution is 2.27. The van der Waals surface area contributed by atoms with Crippen molar-refractivity contribution in [3.05, 3.63) is 0 Å². The molecule has 0 saturated carbocycles. The summed E-state index contributed by atoms with van der Waals surface area (Å²) in [4.78, 5) is 21.7. The van der Waals surface area contributed by atoms with Gasteiger partial charge in [-0.05, 0) is 51.6 Å². The van der Waals surface area contributed by atoms with E-state index >= 15 is 0 Å². The second-order valence-electron chi connectivity index (χ2n) is 6.83. The molecule has 3 rings (SSSR count). The first kappa shape index (κ1) is 21.8. The van der Waals surface area contributed by atoms with Crippen molar-refractivity contribution in [3.8, 4) is 0 Å². The van der Waals surface area contributed by atoms with Gasteiger partial charge in [0.1, 0.15) is 0 Å². The lowest BCUT2D eigenvalue weighted by atomic mass is 9.89. The molecule has 3 saturated heterocycles. The molecule has 25 heavy (non-hydrogen) atoms. The monoisotopic (exact) mass is 360 g/mol. The molecule has 0 bridgehead atoms. The Kier molecular flexibility index (Phi) is 10.6. The summed E-state index contributed by atoms with van der Waals surface area (Å²) in [5.41, 5.74) is -0.434. The van der Waals surface area contributed by atoms with Crippen molar-refractivity contribution in [3.63, 3.8) is 0 Å². The quantitative estimate of drug-likeness (QED) is 0.624. The Balaban J connectivity index is 0.000000460. The minimum absolute atomic E-state index is 0.250. The van der Waals surface area contributed by atoms with Crippen LogP contribution in [0.2, 0.25) is 0 Å².